The molecule has 0 atom stereocenters. The van der Waals surface area contributed by atoms with E-state index < -0.39 is 0 Å². The van der Waals surface area contributed by atoms with Gasteiger partial charge in [-0.3, -0.25) is 0 Å². The second-order valence-corrected chi connectivity index (χ2v) is 5.74. The largest absolute Gasteiger partial charge is 0.412 e. The highest BCUT2D eigenvalue weighted by Gasteiger charge is 2.34. The number of nitrogens with one attached hydrogen (secondary N) is 1. The van der Waals surface area contributed by atoms with Crippen molar-refractivity contribution < 1.29 is 9.53 Å². The van der Waals surface area contributed by atoms with Gasteiger partial charge in [-0.05, 0) is 39.1 Å². The summed E-state index contributed by atoms with van der Waals surface area (Å²) in [4.78, 5) is 14.1. The maximum atomic E-state index is 11.9. The molecule has 1 N–H and O–H groups in total. The fraction of sp³-hybridized carbons (Fsp3) is 0.562. The first-order chi connectivity index (χ1) is 9.62. The second-order valence-electron chi connectivity index (χ2n) is 5.74. The number of amides is 1. The summed E-state index contributed by atoms with van der Waals surface area (Å²) in [7, 11) is 4.19. The fourth-order valence-electron chi connectivity index (χ4n) is 2.86. The van der Waals surface area contributed by atoms with Gasteiger partial charge in [-0.1, -0.05) is 37.5 Å². The molecule has 1 saturated carbocycles. The van der Waals surface area contributed by atoms with E-state index in [9.17, 15) is 4.79 Å². The van der Waals surface area contributed by atoms with E-state index in [1.54, 1.807) is 12.1 Å². The summed E-state index contributed by atoms with van der Waals surface area (Å²) in [6, 6.07) is 9.16. The predicted molar refractivity (Wildman–Crippen MR) is 80.0 cm³/mol. The van der Waals surface area contributed by atoms with Gasteiger partial charge in [-0.25, -0.2) is 4.79 Å². The summed E-state index contributed by atoms with van der Waals surface area (Å²) in [5.41, 5.74) is 0.0773. The molecule has 110 valence electrons. The van der Waals surface area contributed by atoms with Gasteiger partial charge in [-0.15, -0.1) is 0 Å². The molecule has 0 saturated heterocycles. The highest BCUT2D eigenvalue weighted by Crippen LogP contribution is 2.31. The third-order valence-electron chi connectivity index (χ3n) is 4.25. The van der Waals surface area contributed by atoms with Crippen molar-refractivity contribution in [2.45, 2.75) is 37.6 Å². The molecule has 0 heterocycles. The van der Waals surface area contributed by atoms with Gasteiger partial charge in [0.1, 0.15) is 5.75 Å². The van der Waals surface area contributed by atoms with Crippen LogP contribution in [0.5, 0.6) is 5.75 Å². The molecule has 20 heavy (non-hydrogen) atoms. The lowest BCUT2D eigenvalue weighted by Crippen LogP contribution is -2.54. The summed E-state index contributed by atoms with van der Waals surface area (Å²) in [6.07, 6.45) is 5.64. The minimum atomic E-state index is -0.372. The van der Waals surface area contributed by atoms with Gasteiger partial charge in [0.05, 0.1) is 0 Å². The van der Waals surface area contributed by atoms with E-state index in [0.717, 1.165) is 12.8 Å². The zero-order chi connectivity index (χ0) is 14.4. The Labute approximate surface area is 121 Å². The Kier molecular flexibility index (Phi) is 5.01. The van der Waals surface area contributed by atoms with Crippen LogP contribution in [0.2, 0.25) is 0 Å². The van der Waals surface area contributed by atoms with Crippen molar-refractivity contribution in [2.24, 2.45) is 0 Å². The summed E-state index contributed by atoms with van der Waals surface area (Å²) in [5, 5.41) is 2.92. The van der Waals surface area contributed by atoms with E-state index in [1.165, 1.54) is 19.3 Å². The number of likely N-dealkylation sites (N-methyl/N-ethyl adjacent to an activating group) is 1. The average Bonchev–Trinajstić information content (AvgIpc) is 2.47. The van der Waals surface area contributed by atoms with Crippen molar-refractivity contribution in [3.8, 4) is 5.75 Å². The van der Waals surface area contributed by atoms with Crippen LogP contribution in [0.25, 0.3) is 0 Å². The van der Waals surface area contributed by atoms with Crippen molar-refractivity contribution >= 4 is 6.09 Å². The molecule has 1 amide bonds. The van der Waals surface area contributed by atoms with Crippen LogP contribution in [0.4, 0.5) is 4.79 Å². The first-order valence-electron chi connectivity index (χ1n) is 7.31. The number of hydrogen-bond acceptors (Lipinski definition) is 3. The molecule has 1 aliphatic carbocycles. The molecule has 0 spiro atoms. The first kappa shape index (κ1) is 14.9. The van der Waals surface area contributed by atoms with Crippen LogP contribution in [-0.4, -0.2) is 37.2 Å². The molecule has 4 nitrogen and oxygen atoms in total. The quantitative estimate of drug-likeness (QED) is 0.919. The van der Waals surface area contributed by atoms with Gasteiger partial charge in [0.15, 0.2) is 0 Å². The number of carbonyl (C=O) groups is 1. The smallest absolute Gasteiger partial charge is 0.410 e. The summed E-state index contributed by atoms with van der Waals surface area (Å²) < 4.78 is 5.26. The topological polar surface area (TPSA) is 41.6 Å². The Morgan fingerprint density at radius 2 is 1.85 bits per heavy atom. The lowest BCUT2D eigenvalue weighted by molar-refractivity contribution is 0.0974. The predicted octanol–water partition coefficient (Wildman–Crippen LogP) is 3.04. The molecule has 0 aromatic heterocycles. The normalized spacial score (nSPS) is 17.8. The van der Waals surface area contributed by atoms with Gasteiger partial charge in [-0.2, -0.15) is 0 Å². The number of nitrogens with zero attached hydrogens (tertiary/aromatic N) is 1. The summed E-state index contributed by atoms with van der Waals surface area (Å²) in [6.45, 7) is 0.645. The monoisotopic (exact) mass is 276 g/mol. The van der Waals surface area contributed by atoms with Crippen LogP contribution < -0.4 is 10.1 Å². The maximum Gasteiger partial charge on any atom is 0.412 e. The molecule has 2 rings (SSSR count). The molecular weight excluding hydrogens is 252 g/mol. The second kappa shape index (κ2) is 6.75. The van der Waals surface area contributed by atoms with Crippen LogP contribution in [0.15, 0.2) is 30.3 Å². The Balaban J connectivity index is 1.88. The van der Waals surface area contributed by atoms with Crippen LogP contribution >= 0.6 is 0 Å². The molecule has 4 heteroatoms. The van der Waals surface area contributed by atoms with E-state index in [2.05, 4.69) is 24.3 Å². The Morgan fingerprint density at radius 1 is 1.20 bits per heavy atom. The van der Waals surface area contributed by atoms with Crippen LogP contribution in [-0.2, 0) is 0 Å². The highest BCUT2D eigenvalue weighted by molar-refractivity contribution is 5.70. The van der Waals surface area contributed by atoms with Gasteiger partial charge in [0.25, 0.3) is 0 Å². The zero-order valence-electron chi connectivity index (χ0n) is 12.4. The number of benzene rings is 1. The lowest BCUT2D eigenvalue weighted by Gasteiger charge is -2.43. The first-order valence-corrected chi connectivity index (χ1v) is 7.31. The minimum absolute atomic E-state index is 0.0773. The number of carbonyl (C=O) groups excluding carboxylic acids is 1. The van der Waals surface area contributed by atoms with E-state index in [0.29, 0.717) is 12.3 Å². The van der Waals surface area contributed by atoms with Crippen molar-refractivity contribution in [1.29, 1.82) is 0 Å². The Morgan fingerprint density at radius 3 is 2.45 bits per heavy atom. The number of hydrogen-bond donors (Lipinski definition) is 1. The molecule has 1 aliphatic rings. The van der Waals surface area contributed by atoms with Crippen molar-refractivity contribution in [1.82, 2.24) is 10.2 Å². The molecule has 1 fully saturated rings. The Hall–Kier alpha value is -1.55. The number of para-hydroxylation sites is 1. The zero-order valence-corrected chi connectivity index (χ0v) is 12.4. The van der Waals surface area contributed by atoms with E-state index in [1.807, 2.05) is 18.2 Å². The molecule has 0 aliphatic heterocycles. The molecule has 0 bridgehead atoms. The number of ether oxygens (including phenoxy) is 1. The van der Waals surface area contributed by atoms with Crippen molar-refractivity contribution in [2.75, 3.05) is 20.6 Å². The third kappa shape index (κ3) is 3.73. The van der Waals surface area contributed by atoms with Gasteiger partial charge < -0.3 is 15.0 Å². The molecule has 1 aromatic carbocycles. The van der Waals surface area contributed by atoms with Crippen LogP contribution in [0.3, 0.4) is 0 Å². The van der Waals surface area contributed by atoms with Gasteiger partial charge in [0.2, 0.25) is 0 Å². The van der Waals surface area contributed by atoms with Crippen LogP contribution in [0, 0.1) is 0 Å². The summed E-state index contributed by atoms with van der Waals surface area (Å²) >= 11 is 0. The lowest BCUT2D eigenvalue weighted by atomic mass is 9.80. The van der Waals surface area contributed by atoms with E-state index in [4.69, 9.17) is 4.74 Å². The molecular formula is C16H24N2O2. The summed E-state index contributed by atoms with van der Waals surface area (Å²) in [5.74, 6) is 0.576. The van der Waals surface area contributed by atoms with E-state index >= 15 is 0 Å². The number of rotatable bonds is 4. The highest BCUT2D eigenvalue weighted by atomic mass is 16.6. The molecule has 0 radical (unpaired) electrons. The Bertz CT molecular complexity index is 425. The fourth-order valence-corrected chi connectivity index (χ4v) is 2.86. The molecule has 1 aromatic rings. The van der Waals surface area contributed by atoms with Crippen LogP contribution in [0.1, 0.15) is 32.1 Å². The van der Waals surface area contributed by atoms with Gasteiger partial charge >= 0.3 is 6.09 Å². The van der Waals surface area contributed by atoms with Crippen molar-refractivity contribution in [3.63, 3.8) is 0 Å². The van der Waals surface area contributed by atoms with Crippen molar-refractivity contribution in [3.05, 3.63) is 30.3 Å². The molecule has 0 unspecified atom stereocenters. The SMILES string of the molecule is CN(C)C1(CNC(=O)Oc2ccccc2)CCCCC1. The third-order valence-corrected chi connectivity index (χ3v) is 4.25. The standard InChI is InChI=1S/C16H24N2O2/c1-18(2)16(11-7-4-8-12-16)13-17-15(19)20-14-9-5-3-6-10-14/h3,5-6,9-10H,4,7-8,11-13H2,1-2H3,(H,17,19). The van der Waals surface area contributed by atoms with E-state index in [-0.39, 0.29) is 11.6 Å². The average molecular weight is 276 g/mol. The minimum Gasteiger partial charge on any atom is -0.410 e. The maximum absolute atomic E-state index is 11.9. The van der Waals surface area contributed by atoms with Gasteiger partial charge in [0, 0.05) is 12.1 Å².